The second-order valence-corrected chi connectivity index (χ2v) is 11.0. The molecule has 0 bridgehead atoms. The van der Waals surface area contributed by atoms with Crippen molar-refractivity contribution >= 4 is 28.5 Å². The highest BCUT2D eigenvalue weighted by Crippen LogP contribution is 2.45. The molecule has 0 aromatic carbocycles. The lowest BCUT2D eigenvalue weighted by Gasteiger charge is -2.33. The van der Waals surface area contributed by atoms with Crippen molar-refractivity contribution in [3.05, 3.63) is 63.2 Å². The summed E-state index contributed by atoms with van der Waals surface area (Å²) in [5, 5.41) is 3.85. The van der Waals surface area contributed by atoms with E-state index in [0.29, 0.717) is 12.5 Å². The third-order valence-electron chi connectivity index (χ3n) is 6.84. The summed E-state index contributed by atoms with van der Waals surface area (Å²) in [7, 11) is 2.06. The highest BCUT2D eigenvalue weighted by atomic mass is 32.1. The number of hydrogen-bond acceptors (Lipinski definition) is 4. The Morgan fingerprint density at radius 1 is 1.38 bits per heavy atom. The zero-order valence-corrected chi connectivity index (χ0v) is 20.7. The number of thiophene rings is 1. The first-order valence-corrected chi connectivity index (χ1v) is 12.1. The molecular weight excluding hydrogens is 418 g/mol. The SMILES string of the molecule is Cc1cc(C=Nc2sc3c(c2C(=O)NCc2ccco2)CC[C@@H](C(C)(C)C)C3)c(C)n1C. The van der Waals surface area contributed by atoms with Crippen LogP contribution in [0.5, 0.6) is 0 Å². The Bertz CT molecular complexity index is 1140. The number of hydrogen-bond donors (Lipinski definition) is 1. The zero-order valence-electron chi connectivity index (χ0n) is 19.9. The number of nitrogens with zero attached hydrogens (tertiary/aromatic N) is 2. The molecule has 0 saturated carbocycles. The summed E-state index contributed by atoms with van der Waals surface area (Å²) in [6.07, 6.45) is 6.58. The monoisotopic (exact) mass is 451 g/mol. The summed E-state index contributed by atoms with van der Waals surface area (Å²) in [6.45, 7) is 11.5. The Balaban J connectivity index is 1.67. The molecule has 6 heteroatoms. The van der Waals surface area contributed by atoms with E-state index in [1.165, 1.54) is 21.8 Å². The van der Waals surface area contributed by atoms with Crippen molar-refractivity contribution in [1.29, 1.82) is 0 Å². The first-order chi connectivity index (χ1) is 15.1. The van der Waals surface area contributed by atoms with Crippen LogP contribution in [0.4, 0.5) is 5.00 Å². The third kappa shape index (κ3) is 4.46. The fourth-order valence-corrected chi connectivity index (χ4v) is 5.72. The molecular formula is C26H33N3O2S. The van der Waals surface area contributed by atoms with Crippen LogP contribution in [-0.4, -0.2) is 16.7 Å². The molecule has 1 atom stereocenters. The normalized spacial score (nSPS) is 16.5. The molecule has 0 unspecified atom stereocenters. The number of aliphatic imine (C=N–C) groups is 1. The van der Waals surface area contributed by atoms with Crippen LogP contribution in [0.2, 0.25) is 0 Å². The van der Waals surface area contributed by atoms with Gasteiger partial charge in [0.15, 0.2) is 0 Å². The molecule has 0 radical (unpaired) electrons. The van der Waals surface area contributed by atoms with Crippen molar-refractivity contribution in [2.45, 2.75) is 60.4 Å². The number of rotatable bonds is 5. The Hall–Kier alpha value is -2.60. The zero-order chi connectivity index (χ0) is 23.0. The van der Waals surface area contributed by atoms with Gasteiger partial charge in [0.05, 0.1) is 18.4 Å². The molecule has 170 valence electrons. The highest BCUT2D eigenvalue weighted by Gasteiger charge is 2.33. The Morgan fingerprint density at radius 2 is 2.16 bits per heavy atom. The fraction of sp³-hybridized carbons (Fsp3) is 0.462. The minimum absolute atomic E-state index is 0.0683. The fourth-order valence-electron chi connectivity index (χ4n) is 4.45. The molecule has 32 heavy (non-hydrogen) atoms. The lowest BCUT2D eigenvalue weighted by Crippen LogP contribution is -2.28. The minimum atomic E-state index is -0.0683. The number of carbonyl (C=O) groups excluding carboxylic acids is 1. The number of nitrogens with one attached hydrogen (secondary N) is 1. The predicted molar refractivity (Wildman–Crippen MR) is 131 cm³/mol. The maximum atomic E-state index is 13.3. The second kappa shape index (κ2) is 8.74. The smallest absolute Gasteiger partial charge is 0.255 e. The number of aromatic nitrogens is 1. The Morgan fingerprint density at radius 3 is 2.78 bits per heavy atom. The minimum Gasteiger partial charge on any atom is -0.467 e. The summed E-state index contributed by atoms with van der Waals surface area (Å²) in [4.78, 5) is 19.4. The van der Waals surface area contributed by atoms with Crippen LogP contribution < -0.4 is 5.32 Å². The summed E-state index contributed by atoms with van der Waals surface area (Å²) in [6, 6.07) is 5.84. The van der Waals surface area contributed by atoms with Crippen LogP contribution in [0, 0.1) is 25.2 Å². The van der Waals surface area contributed by atoms with E-state index < -0.39 is 0 Å². The molecule has 3 aromatic rings. The van der Waals surface area contributed by atoms with Crippen molar-refractivity contribution in [3.8, 4) is 0 Å². The maximum absolute atomic E-state index is 13.3. The van der Waals surface area contributed by atoms with E-state index in [2.05, 4.69) is 57.6 Å². The molecule has 1 aliphatic carbocycles. The van der Waals surface area contributed by atoms with Crippen molar-refractivity contribution < 1.29 is 9.21 Å². The average molecular weight is 452 g/mol. The molecule has 3 aromatic heterocycles. The van der Waals surface area contributed by atoms with Crippen molar-refractivity contribution in [2.24, 2.45) is 23.4 Å². The second-order valence-electron chi connectivity index (χ2n) is 9.90. The van der Waals surface area contributed by atoms with E-state index in [1.54, 1.807) is 17.6 Å². The molecule has 3 heterocycles. The quantitative estimate of drug-likeness (QED) is 0.475. The van der Waals surface area contributed by atoms with Gasteiger partial charge in [0.1, 0.15) is 10.8 Å². The van der Waals surface area contributed by atoms with Crippen molar-refractivity contribution in [2.75, 3.05) is 0 Å². The predicted octanol–water partition coefficient (Wildman–Crippen LogP) is 6.13. The van der Waals surface area contributed by atoms with Gasteiger partial charge in [-0.1, -0.05) is 20.8 Å². The van der Waals surface area contributed by atoms with E-state index in [1.807, 2.05) is 18.3 Å². The number of amides is 1. The van der Waals surface area contributed by atoms with Crippen LogP contribution in [-0.2, 0) is 26.4 Å². The van der Waals surface area contributed by atoms with Crippen LogP contribution in [0.1, 0.15) is 70.7 Å². The van der Waals surface area contributed by atoms with Gasteiger partial charge < -0.3 is 14.3 Å². The first-order valence-electron chi connectivity index (χ1n) is 11.3. The third-order valence-corrected chi connectivity index (χ3v) is 8.00. The molecule has 1 N–H and O–H groups in total. The Labute approximate surface area is 194 Å². The van der Waals surface area contributed by atoms with Gasteiger partial charge in [0.25, 0.3) is 5.91 Å². The van der Waals surface area contributed by atoms with E-state index in [0.717, 1.165) is 41.2 Å². The summed E-state index contributed by atoms with van der Waals surface area (Å²) < 4.78 is 7.54. The standard InChI is InChI=1S/C26H33N3O2S/c1-16-12-18(17(2)29(16)6)14-28-25-23(24(30)27-15-20-8-7-11-31-20)21-10-9-19(26(3,4)5)13-22(21)32-25/h7-8,11-12,14,19H,9-10,13,15H2,1-6H3,(H,27,30)/t19-/m1/s1. The van der Waals surface area contributed by atoms with Crippen LogP contribution >= 0.6 is 11.3 Å². The Kier molecular flexibility index (Phi) is 6.17. The molecule has 0 aliphatic heterocycles. The summed E-state index contributed by atoms with van der Waals surface area (Å²) in [5.74, 6) is 1.29. The van der Waals surface area contributed by atoms with Gasteiger partial charge in [-0.05, 0) is 68.2 Å². The topological polar surface area (TPSA) is 59.5 Å². The van der Waals surface area contributed by atoms with Gasteiger partial charge in [-0.2, -0.15) is 0 Å². The van der Waals surface area contributed by atoms with Gasteiger partial charge >= 0.3 is 0 Å². The molecule has 0 spiro atoms. The van der Waals surface area contributed by atoms with Crippen LogP contribution in [0.15, 0.2) is 33.9 Å². The average Bonchev–Trinajstić information content (AvgIpc) is 3.44. The van der Waals surface area contributed by atoms with Crippen molar-refractivity contribution in [3.63, 3.8) is 0 Å². The first kappa shape index (κ1) is 22.6. The van der Waals surface area contributed by atoms with Gasteiger partial charge in [-0.25, -0.2) is 4.99 Å². The molecule has 5 nitrogen and oxygen atoms in total. The molecule has 1 amide bonds. The summed E-state index contributed by atoms with van der Waals surface area (Å²) >= 11 is 1.68. The van der Waals surface area contributed by atoms with Crippen LogP contribution in [0.25, 0.3) is 0 Å². The molecule has 0 saturated heterocycles. The van der Waals surface area contributed by atoms with Gasteiger partial charge in [-0.3, -0.25) is 4.79 Å². The van der Waals surface area contributed by atoms with Crippen molar-refractivity contribution in [1.82, 2.24) is 9.88 Å². The number of carbonyl (C=O) groups is 1. The largest absolute Gasteiger partial charge is 0.467 e. The number of fused-ring (bicyclic) bond motifs is 1. The van der Waals surface area contributed by atoms with Gasteiger partial charge in [-0.15, -0.1) is 11.3 Å². The number of furan rings is 1. The lowest BCUT2D eigenvalue weighted by atomic mass is 9.72. The van der Waals surface area contributed by atoms with E-state index in [9.17, 15) is 4.79 Å². The summed E-state index contributed by atoms with van der Waals surface area (Å²) in [5.41, 5.74) is 5.63. The van der Waals surface area contributed by atoms with E-state index in [-0.39, 0.29) is 11.3 Å². The number of aryl methyl sites for hydroxylation is 1. The van der Waals surface area contributed by atoms with Gasteiger partial charge in [0.2, 0.25) is 0 Å². The van der Waals surface area contributed by atoms with Crippen LogP contribution in [0.3, 0.4) is 0 Å². The molecule has 1 aliphatic rings. The lowest BCUT2D eigenvalue weighted by molar-refractivity contribution is 0.0947. The molecule has 4 rings (SSSR count). The van der Waals surface area contributed by atoms with Gasteiger partial charge in [0, 0.05) is 35.1 Å². The van der Waals surface area contributed by atoms with E-state index in [4.69, 9.17) is 9.41 Å². The molecule has 0 fully saturated rings. The maximum Gasteiger partial charge on any atom is 0.255 e. The van der Waals surface area contributed by atoms with E-state index >= 15 is 0 Å². The highest BCUT2D eigenvalue weighted by molar-refractivity contribution is 7.16.